The van der Waals surface area contributed by atoms with Gasteiger partial charge in [0.2, 0.25) is 21.9 Å². The standard InChI is InChI=1S/C16H19N7O3S2/c1-3-11(27-15-12-13(20-8-19-12)22-16(17)23-15)14(24)21-9-5-4-6-10(7-9)28(25,26)18-2/h4-8,11,18H,3H2,1-2H3,(H,21,24)(H3,17,19,20,22,23)/t11-/m1/s1. The number of sulfonamides is 1. The molecule has 28 heavy (non-hydrogen) atoms. The van der Waals surface area contributed by atoms with Crippen LogP contribution in [0.2, 0.25) is 0 Å². The molecule has 0 saturated carbocycles. The molecule has 2 aromatic heterocycles. The number of aromatic amines is 1. The SMILES string of the molecule is CC[C@@H](Sc1nc(N)nc2nc[nH]c12)C(=O)Nc1cccc(S(=O)(=O)NC)c1. The third-order valence-electron chi connectivity index (χ3n) is 3.87. The number of thioether (sulfide) groups is 1. The van der Waals surface area contributed by atoms with Crippen molar-refractivity contribution in [2.75, 3.05) is 18.1 Å². The molecule has 0 radical (unpaired) electrons. The predicted octanol–water partition coefficient (Wildman–Crippen LogP) is 1.35. The lowest BCUT2D eigenvalue weighted by atomic mass is 10.3. The van der Waals surface area contributed by atoms with Crippen LogP contribution in [0, 0.1) is 0 Å². The number of amides is 1. The molecule has 0 bridgehead atoms. The summed E-state index contributed by atoms with van der Waals surface area (Å²) in [7, 11) is -2.27. The molecule has 0 aliphatic rings. The third kappa shape index (κ3) is 4.24. The molecule has 5 N–H and O–H groups in total. The molecule has 0 fully saturated rings. The van der Waals surface area contributed by atoms with Crippen molar-refractivity contribution in [3.8, 4) is 0 Å². The van der Waals surface area contributed by atoms with E-state index in [1.165, 1.54) is 37.3 Å². The zero-order valence-corrected chi connectivity index (χ0v) is 16.8. The summed E-state index contributed by atoms with van der Waals surface area (Å²) in [6.45, 7) is 1.87. The van der Waals surface area contributed by atoms with Crippen LogP contribution >= 0.6 is 11.8 Å². The first-order chi connectivity index (χ1) is 13.3. The van der Waals surface area contributed by atoms with Crippen molar-refractivity contribution in [3.63, 3.8) is 0 Å². The molecule has 0 aliphatic heterocycles. The Balaban J connectivity index is 1.81. The molecule has 1 amide bonds. The molecule has 0 saturated heterocycles. The molecule has 1 atom stereocenters. The Labute approximate surface area is 165 Å². The van der Waals surface area contributed by atoms with E-state index in [0.717, 1.165) is 0 Å². The molecular weight excluding hydrogens is 402 g/mol. The summed E-state index contributed by atoms with van der Waals surface area (Å²) in [6, 6.07) is 6.04. The number of rotatable bonds is 7. The molecule has 3 aromatic rings. The summed E-state index contributed by atoms with van der Waals surface area (Å²) in [5.41, 5.74) is 7.13. The Morgan fingerprint density at radius 3 is 2.86 bits per heavy atom. The Morgan fingerprint density at radius 1 is 1.36 bits per heavy atom. The number of nitrogen functional groups attached to an aromatic ring is 1. The van der Waals surface area contributed by atoms with Gasteiger partial charge in [0.05, 0.1) is 16.5 Å². The van der Waals surface area contributed by atoms with E-state index in [4.69, 9.17) is 5.73 Å². The monoisotopic (exact) mass is 421 g/mol. The van der Waals surface area contributed by atoms with Crippen LogP contribution in [0.5, 0.6) is 0 Å². The van der Waals surface area contributed by atoms with Crippen molar-refractivity contribution in [2.24, 2.45) is 0 Å². The average Bonchev–Trinajstić information content (AvgIpc) is 3.14. The summed E-state index contributed by atoms with van der Waals surface area (Å²) in [5.74, 6) is -0.210. The van der Waals surface area contributed by atoms with Crippen molar-refractivity contribution >= 4 is 50.5 Å². The van der Waals surface area contributed by atoms with Crippen LogP contribution in [-0.2, 0) is 14.8 Å². The number of carbonyl (C=O) groups excluding carboxylic acids is 1. The number of hydrogen-bond acceptors (Lipinski definition) is 8. The molecule has 10 nitrogen and oxygen atoms in total. The third-order valence-corrected chi connectivity index (χ3v) is 6.63. The first-order valence-electron chi connectivity index (χ1n) is 8.31. The van der Waals surface area contributed by atoms with E-state index in [1.807, 2.05) is 6.92 Å². The van der Waals surface area contributed by atoms with Crippen molar-refractivity contribution in [2.45, 2.75) is 28.5 Å². The van der Waals surface area contributed by atoms with E-state index in [2.05, 4.69) is 30.0 Å². The smallest absolute Gasteiger partial charge is 0.240 e. The number of fused-ring (bicyclic) bond motifs is 1. The highest BCUT2D eigenvalue weighted by Gasteiger charge is 2.22. The molecule has 0 aliphatic carbocycles. The average molecular weight is 422 g/mol. The molecule has 0 spiro atoms. The number of imidazole rings is 1. The van der Waals surface area contributed by atoms with Crippen molar-refractivity contribution in [1.29, 1.82) is 0 Å². The van der Waals surface area contributed by atoms with Gasteiger partial charge in [0.1, 0.15) is 10.5 Å². The maximum Gasteiger partial charge on any atom is 0.240 e. The normalized spacial score (nSPS) is 12.8. The Morgan fingerprint density at radius 2 is 2.14 bits per heavy atom. The fraction of sp³-hybridized carbons (Fsp3) is 0.250. The largest absolute Gasteiger partial charge is 0.368 e. The number of anilines is 2. The van der Waals surface area contributed by atoms with E-state index in [0.29, 0.717) is 28.3 Å². The number of nitrogens with two attached hydrogens (primary N) is 1. The summed E-state index contributed by atoms with van der Waals surface area (Å²) < 4.78 is 26.1. The van der Waals surface area contributed by atoms with Crippen molar-refractivity contribution in [3.05, 3.63) is 30.6 Å². The van der Waals surface area contributed by atoms with Gasteiger partial charge in [-0.3, -0.25) is 4.79 Å². The summed E-state index contributed by atoms with van der Waals surface area (Å²) in [4.78, 5) is 28.0. The van der Waals surface area contributed by atoms with Gasteiger partial charge in [0.15, 0.2) is 5.65 Å². The molecular formula is C16H19N7O3S2. The first-order valence-corrected chi connectivity index (χ1v) is 10.7. The first kappa shape index (κ1) is 20.0. The van der Waals surface area contributed by atoms with Crippen LogP contribution in [0.4, 0.5) is 11.6 Å². The minimum absolute atomic E-state index is 0.0660. The summed E-state index contributed by atoms with van der Waals surface area (Å²) in [6.07, 6.45) is 2.00. The molecule has 12 heteroatoms. The second-order valence-corrected chi connectivity index (χ2v) is 8.81. The van der Waals surface area contributed by atoms with Crippen LogP contribution < -0.4 is 15.8 Å². The maximum absolute atomic E-state index is 12.7. The highest BCUT2D eigenvalue weighted by Crippen LogP contribution is 2.30. The maximum atomic E-state index is 12.7. The number of benzene rings is 1. The lowest BCUT2D eigenvalue weighted by Crippen LogP contribution is -2.25. The second-order valence-electron chi connectivity index (χ2n) is 5.73. The summed E-state index contributed by atoms with van der Waals surface area (Å²) in [5, 5.41) is 2.79. The van der Waals surface area contributed by atoms with E-state index in [1.54, 1.807) is 12.1 Å². The fourth-order valence-corrected chi connectivity index (χ4v) is 4.24. The van der Waals surface area contributed by atoms with Gasteiger partial charge >= 0.3 is 0 Å². The van der Waals surface area contributed by atoms with Gasteiger partial charge < -0.3 is 16.0 Å². The van der Waals surface area contributed by atoms with Crippen molar-refractivity contribution in [1.82, 2.24) is 24.7 Å². The molecule has 1 aromatic carbocycles. The van der Waals surface area contributed by atoms with Gasteiger partial charge in [0.25, 0.3) is 0 Å². The van der Waals surface area contributed by atoms with E-state index in [9.17, 15) is 13.2 Å². The lowest BCUT2D eigenvalue weighted by molar-refractivity contribution is -0.115. The van der Waals surface area contributed by atoms with Gasteiger partial charge in [-0.1, -0.05) is 24.8 Å². The van der Waals surface area contributed by atoms with Gasteiger partial charge in [-0.25, -0.2) is 23.1 Å². The van der Waals surface area contributed by atoms with Crippen LogP contribution in [0.15, 0.2) is 40.5 Å². The Bertz CT molecular complexity index is 1110. The van der Waals surface area contributed by atoms with E-state index < -0.39 is 15.3 Å². The highest BCUT2D eigenvalue weighted by atomic mass is 32.2. The van der Waals surface area contributed by atoms with Crippen LogP contribution in [0.3, 0.4) is 0 Å². The zero-order valence-electron chi connectivity index (χ0n) is 15.1. The van der Waals surface area contributed by atoms with Gasteiger partial charge in [0, 0.05) is 5.69 Å². The quantitative estimate of drug-likeness (QED) is 0.329. The zero-order chi connectivity index (χ0) is 20.3. The molecule has 3 rings (SSSR count). The van der Waals surface area contributed by atoms with Gasteiger partial charge in [-0.2, -0.15) is 4.98 Å². The highest BCUT2D eigenvalue weighted by molar-refractivity contribution is 8.00. The molecule has 2 heterocycles. The predicted molar refractivity (Wildman–Crippen MR) is 107 cm³/mol. The fourth-order valence-electron chi connectivity index (χ4n) is 2.45. The number of carbonyl (C=O) groups is 1. The minimum atomic E-state index is -3.60. The number of aromatic nitrogens is 4. The number of hydrogen-bond donors (Lipinski definition) is 4. The number of nitrogens with one attached hydrogen (secondary N) is 3. The Kier molecular flexibility index (Phi) is 5.82. The second kappa shape index (κ2) is 8.12. The van der Waals surface area contributed by atoms with E-state index in [-0.39, 0.29) is 16.8 Å². The molecule has 0 unspecified atom stereocenters. The van der Waals surface area contributed by atoms with E-state index >= 15 is 0 Å². The van der Waals surface area contributed by atoms with Crippen molar-refractivity contribution < 1.29 is 13.2 Å². The number of nitrogens with zero attached hydrogens (tertiary/aromatic N) is 3. The Hall–Kier alpha value is -2.70. The van der Waals surface area contributed by atoms with Crippen LogP contribution in [0.25, 0.3) is 11.2 Å². The van der Waals surface area contributed by atoms with Crippen LogP contribution in [-0.4, -0.2) is 46.6 Å². The summed E-state index contributed by atoms with van der Waals surface area (Å²) >= 11 is 1.23. The van der Waals surface area contributed by atoms with Crippen LogP contribution in [0.1, 0.15) is 13.3 Å². The topological polar surface area (TPSA) is 156 Å². The minimum Gasteiger partial charge on any atom is -0.368 e. The van der Waals surface area contributed by atoms with Gasteiger partial charge in [-0.15, -0.1) is 0 Å². The lowest BCUT2D eigenvalue weighted by Gasteiger charge is -2.15. The number of H-pyrrole nitrogens is 1. The molecule has 148 valence electrons. The van der Waals surface area contributed by atoms with Gasteiger partial charge in [-0.05, 0) is 31.7 Å².